The number of amides is 2. The van der Waals surface area contributed by atoms with Crippen LogP contribution in [0.4, 0.5) is 11.4 Å². The summed E-state index contributed by atoms with van der Waals surface area (Å²) in [6, 6.07) is 28.3. The zero-order chi connectivity index (χ0) is 32.6. The van der Waals surface area contributed by atoms with Crippen LogP contribution >= 0.6 is 0 Å². The quantitative estimate of drug-likeness (QED) is 0.159. The predicted octanol–water partition coefficient (Wildman–Crippen LogP) is 5.26. The highest BCUT2D eigenvalue weighted by Crippen LogP contribution is 2.27. The van der Waals surface area contributed by atoms with Gasteiger partial charge in [0, 0.05) is 31.1 Å². The minimum Gasteiger partial charge on any atom is -0.352 e. The summed E-state index contributed by atoms with van der Waals surface area (Å²) >= 11 is 0. The summed E-state index contributed by atoms with van der Waals surface area (Å²) in [6.07, 6.45) is 0.194. The number of nitro groups is 1. The number of sulfonamides is 1. The number of hydrogen-bond donors (Lipinski definition) is 1. The van der Waals surface area contributed by atoms with E-state index in [0.29, 0.717) is 0 Å². The Morgan fingerprint density at radius 2 is 1.40 bits per heavy atom. The summed E-state index contributed by atoms with van der Waals surface area (Å²) in [7, 11) is -4.30. The van der Waals surface area contributed by atoms with Crippen molar-refractivity contribution in [1.29, 1.82) is 0 Å². The smallest absolute Gasteiger partial charge is 0.269 e. The molecule has 4 aromatic rings. The van der Waals surface area contributed by atoms with Gasteiger partial charge in [0.25, 0.3) is 15.7 Å². The molecule has 1 atom stereocenters. The fourth-order valence-corrected chi connectivity index (χ4v) is 6.25. The molecule has 10 nitrogen and oxygen atoms in total. The molecule has 0 bridgehead atoms. The van der Waals surface area contributed by atoms with Gasteiger partial charge in [-0.15, -0.1) is 0 Å². The molecule has 1 N–H and O–H groups in total. The first-order valence-corrected chi connectivity index (χ1v) is 15.9. The van der Waals surface area contributed by atoms with E-state index in [9.17, 15) is 28.1 Å². The summed E-state index contributed by atoms with van der Waals surface area (Å²) in [5.41, 5.74) is 2.45. The first kappa shape index (κ1) is 32.9. The first-order chi connectivity index (χ1) is 21.5. The Morgan fingerprint density at radius 1 is 0.822 bits per heavy atom. The average molecular weight is 629 g/mol. The topological polar surface area (TPSA) is 130 Å². The van der Waals surface area contributed by atoms with E-state index in [0.717, 1.165) is 21.0 Å². The molecule has 0 aliphatic heterocycles. The number of rotatable bonds is 13. The molecular weight excluding hydrogens is 592 g/mol. The van der Waals surface area contributed by atoms with Crippen molar-refractivity contribution in [3.8, 4) is 0 Å². The number of nitro benzene ring substituents is 1. The van der Waals surface area contributed by atoms with Gasteiger partial charge in [-0.1, -0.05) is 78.4 Å². The Labute approximate surface area is 263 Å². The van der Waals surface area contributed by atoms with E-state index in [2.05, 4.69) is 5.32 Å². The maximum absolute atomic E-state index is 14.4. The fourth-order valence-electron chi connectivity index (χ4n) is 4.81. The van der Waals surface area contributed by atoms with Gasteiger partial charge >= 0.3 is 0 Å². The van der Waals surface area contributed by atoms with E-state index in [1.165, 1.54) is 41.3 Å². The Bertz CT molecular complexity index is 1710. The lowest BCUT2D eigenvalue weighted by atomic mass is 10.0. The van der Waals surface area contributed by atoms with Gasteiger partial charge in [-0.3, -0.25) is 24.0 Å². The third kappa shape index (κ3) is 8.54. The third-order valence-corrected chi connectivity index (χ3v) is 8.92. The lowest BCUT2D eigenvalue weighted by molar-refractivity contribution is -0.384. The Balaban J connectivity index is 1.80. The van der Waals surface area contributed by atoms with Gasteiger partial charge in [0.15, 0.2) is 0 Å². The van der Waals surface area contributed by atoms with Crippen LogP contribution in [0, 0.1) is 17.0 Å². The summed E-state index contributed by atoms with van der Waals surface area (Å²) in [5.74, 6) is -0.990. The van der Waals surface area contributed by atoms with Crippen molar-refractivity contribution in [2.24, 2.45) is 0 Å². The molecular formula is C34H36N4O6S. The summed E-state index contributed by atoms with van der Waals surface area (Å²) < 4.78 is 28.9. The van der Waals surface area contributed by atoms with Crippen LogP contribution < -0.4 is 9.62 Å². The van der Waals surface area contributed by atoms with E-state index in [1.807, 2.05) is 75.4 Å². The normalized spacial score (nSPS) is 11.9. The molecule has 0 aliphatic carbocycles. The number of hydrogen-bond acceptors (Lipinski definition) is 6. The number of nitrogens with zero attached hydrogens (tertiary/aromatic N) is 3. The van der Waals surface area contributed by atoms with Crippen LogP contribution in [0.1, 0.15) is 30.5 Å². The van der Waals surface area contributed by atoms with Crippen LogP contribution in [0.15, 0.2) is 114 Å². The Kier molecular flexibility index (Phi) is 10.7. The fraction of sp³-hybridized carbons (Fsp3) is 0.235. The van der Waals surface area contributed by atoms with E-state index in [1.54, 1.807) is 18.2 Å². The molecule has 0 aliphatic rings. The molecule has 0 radical (unpaired) electrons. The van der Waals surface area contributed by atoms with Crippen molar-refractivity contribution in [2.75, 3.05) is 10.8 Å². The van der Waals surface area contributed by atoms with E-state index in [4.69, 9.17) is 0 Å². The monoisotopic (exact) mass is 628 g/mol. The highest BCUT2D eigenvalue weighted by molar-refractivity contribution is 7.92. The van der Waals surface area contributed by atoms with Crippen molar-refractivity contribution >= 4 is 33.2 Å². The molecule has 2 amide bonds. The highest BCUT2D eigenvalue weighted by Gasteiger charge is 2.35. The van der Waals surface area contributed by atoms with Gasteiger partial charge in [0.05, 0.1) is 15.5 Å². The number of carbonyl (C=O) groups is 2. The number of aryl methyl sites for hydroxylation is 1. The second kappa shape index (κ2) is 14.6. The largest absolute Gasteiger partial charge is 0.352 e. The standard InChI is InChI=1S/C34H36N4O6S/c1-25(2)35-34(40)32(22-27-10-6-4-7-11-27)36(23-28-16-14-26(3)15-17-28)33(39)24-37(29-18-20-30(21-19-29)38(41)42)45(43,44)31-12-8-5-9-13-31/h4-21,25,32H,22-24H2,1-3H3,(H,35,40)/t32-/m0/s1. The van der Waals surface area contributed by atoms with Crippen molar-refractivity contribution in [1.82, 2.24) is 10.2 Å². The Hall–Kier alpha value is -5.03. The second-order valence-electron chi connectivity index (χ2n) is 11.0. The van der Waals surface area contributed by atoms with Crippen LogP contribution in [0.5, 0.6) is 0 Å². The molecule has 0 saturated heterocycles. The number of nitrogens with one attached hydrogen (secondary N) is 1. The van der Waals surface area contributed by atoms with Gasteiger partial charge in [0.1, 0.15) is 12.6 Å². The van der Waals surface area contributed by atoms with Crippen molar-refractivity contribution in [3.05, 3.63) is 136 Å². The van der Waals surface area contributed by atoms with Crippen molar-refractivity contribution < 1.29 is 22.9 Å². The van der Waals surface area contributed by atoms with E-state index >= 15 is 0 Å². The average Bonchev–Trinajstić information content (AvgIpc) is 3.03. The molecule has 234 valence electrons. The van der Waals surface area contributed by atoms with Crippen LogP contribution in [0.25, 0.3) is 0 Å². The van der Waals surface area contributed by atoms with Gasteiger partial charge in [-0.05, 0) is 56.2 Å². The van der Waals surface area contributed by atoms with Crippen LogP contribution in [-0.2, 0) is 32.6 Å². The minimum absolute atomic E-state index is 0.0433. The SMILES string of the molecule is Cc1ccc(CN(C(=O)CN(c2ccc([N+](=O)[O-])cc2)S(=O)(=O)c2ccccc2)[C@@H](Cc2ccccc2)C(=O)NC(C)C)cc1. The van der Waals surface area contributed by atoms with Crippen LogP contribution in [0.3, 0.4) is 0 Å². The summed E-state index contributed by atoms with van der Waals surface area (Å²) in [4.78, 5) is 40.2. The zero-order valence-corrected chi connectivity index (χ0v) is 26.2. The molecule has 4 rings (SSSR count). The second-order valence-corrected chi connectivity index (χ2v) is 12.8. The summed E-state index contributed by atoms with van der Waals surface area (Å²) in [5, 5.41) is 14.2. The number of anilines is 1. The van der Waals surface area contributed by atoms with Crippen molar-refractivity contribution in [2.45, 2.75) is 50.7 Å². The maximum atomic E-state index is 14.4. The van der Waals surface area contributed by atoms with Crippen LogP contribution in [0.2, 0.25) is 0 Å². The lowest BCUT2D eigenvalue weighted by Crippen LogP contribution is -2.54. The molecule has 0 fully saturated rings. The van der Waals surface area contributed by atoms with Gasteiger partial charge in [0.2, 0.25) is 11.8 Å². The molecule has 45 heavy (non-hydrogen) atoms. The molecule has 0 aromatic heterocycles. The maximum Gasteiger partial charge on any atom is 0.269 e. The zero-order valence-electron chi connectivity index (χ0n) is 25.4. The molecule has 0 saturated carbocycles. The van der Waals surface area contributed by atoms with Gasteiger partial charge in [-0.2, -0.15) is 0 Å². The molecule has 0 unspecified atom stereocenters. The molecule has 0 spiro atoms. The summed E-state index contributed by atoms with van der Waals surface area (Å²) in [6.45, 7) is 4.99. The molecule has 0 heterocycles. The van der Waals surface area contributed by atoms with Gasteiger partial charge < -0.3 is 10.2 Å². The van der Waals surface area contributed by atoms with E-state index < -0.39 is 33.4 Å². The predicted molar refractivity (Wildman–Crippen MR) is 173 cm³/mol. The number of benzene rings is 4. The first-order valence-electron chi connectivity index (χ1n) is 14.5. The minimum atomic E-state index is -4.30. The molecule has 4 aromatic carbocycles. The Morgan fingerprint density at radius 3 is 1.96 bits per heavy atom. The van der Waals surface area contributed by atoms with Crippen molar-refractivity contribution in [3.63, 3.8) is 0 Å². The van der Waals surface area contributed by atoms with E-state index in [-0.39, 0.29) is 41.2 Å². The number of non-ortho nitro benzene ring substituents is 1. The number of carbonyl (C=O) groups excluding carboxylic acids is 2. The van der Waals surface area contributed by atoms with Crippen LogP contribution in [-0.4, -0.2) is 48.7 Å². The highest BCUT2D eigenvalue weighted by atomic mass is 32.2. The molecule has 11 heteroatoms. The van der Waals surface area contributed by atoms with Gasteiger partial charge in [-0.25, -0.2) is 8.42 Å². The third-order valence-electron chi connectivity index (χ3n) is 7.13. The lowest BCUT2D eigenvalue weighted by Gasteiger charge is -2.34.